The lowest BCUT2D eigenvalue weighted by Crippen LogP contribution is -2.57. The first-order valence-electron chi connectivity index (χ1n) is 11.0. The largest absolute Gasteiger partial charge is 0.497 e. The zero-order valence-corrected chi connectivity index (χ0v) is 18.5. The Kier molecular flexibility index (Phi) is 7.55. The molecular weight excluding hydrogens is 428 g/mol. The molecule has 4 unspecified atom stereocenters. The van der Waals surface area contributed by atoms with Crippen LogP contribution in [0.15, 0.2) is 42.7 Å². The van der Waals surface area contributed by atoms with Crippen LogP contribution < -0.4 is 20.3 Å². The molecule has 1 aromatic heterocycles. The number of aliphatic hydroxyl groups excluding tert-OH is 2. The van der Waals surface area contributed by atoms with Gasteiger partial charge in [0.2, 0.25) is 5.95 Å². The molecule has 11 heteroatoms. The van der Waals surface area contributed by atoms with Crippen molar-refractivity contribution in [3.05, 3.63) is 42.7 Å². The maximum atomic E-state index is 12.4. The number of hydrogen-bond acceptors (Lipinski definition) is 9. The van der Waals surface area contributed by atoms with Crippen LogP contribution in [0.25, 0.3) is 0 Å². The Bertz CT molecular complexity index is 911. The highest BCUT2D eigenvalue weighted by atomic mass is 16.5. The summed E-state index contributed by atoms with van der Waals surface area (Å²) >= 11 is 0. The van der Waals surface area contributed by atoms with E-state index in [9.17, 15) is 15.0 Å². The lowest BCUT2D eigenvalue weighted by molar-refractivity contribution is -0.0205. The maximum Gasteiger partial charge on any atom is 0.319 e. The number of hydrogen-bond donors (Lipinski definition) is 4. The molecule has 1 aromatic carbocycles. The molecule has 178 valence electrons. The summed E-state index contributed by atoms with van der Waals surface area (Å²) in [6, 6.07) is 8.10. The number of carbonyl (C=O) groups excluding carboxylic acids is 1. The number of piperazine rings is 1. The Morgan fingerprint density at radius 1 is 1.18 bits per heavy atom. The van der Waals surface area contributed by atoms with Gasteiger partial charge in [0.05, 0.1) is 25.9 Å². The van der Waals surface area contributed by atoms with Crippen molar-refractivity contribution in [2.24, 2.45) is 0 Å². The second-order valence-corrected chi connectivity index (χ2v) is 8.02. The van der Waals surface area contributed by atoms with E-state index in [2.05, 4.69) is 30.4 Å². The molecule has 33 heavy (non-hydrogen) atoms. The van der Waals surface area contributed by atoms with Crippen molar-refractivity contribution in [3.63, 3.8) is 0 Å². The third-order valence-electron chi connectivity index (χ3n) is 6.00. The van der Waals surface area contributed by atoms with Crippen molar-refractivity contribution >= 4 is 17.7 Å². The molecule has 4 N–H and O–H groups in total. The Labute approximate surface area is 192 Å². The molecule has 0 bridgehead atoms. The topological polar surface area (TPSA) is 132 Å². The number of rotatable bonds is 7. The number of carbonyl (C=O) groups is 1. The third-order valence-corrected chi connectivity index (χ3v) is 6.00. The van der Waals surface area contributed by atoms with Crippen LogP contribution in [-0.4, -0.2) is 102 Å². The molecule has 4 atom stereocenters. The molecule has 2 fully saturated rings. The number of benzene rings is 1. The molecule has 2 amide bonds. The van der Waals surface area contributed by atoms with Crippen LogP contribution in [0.2, 0.25) is 0 Å². The van der Waals surface area contributed by atoms with E-state index in [0.29, 0.717) is 43.6 Å². The minimum Gasteiger partial charge on any atom is -0.497 e. The highest BCUT2D eigenvalue weighted by Gasteiger charge is 2.46. The van der Waals surface area contributed by atoms with Gasteiger partial charge < -0.3 is 35.2 Å². The summed E-state index contributed by atoms with van der Waals surface area (Å²) in [5, 5.41) is 26.0. The van der Waals surface area contributed by atoms with Gasteiger partial charge in [0.15, 0.2) is 0 Å². The van der Waals surface area contributed by atoms with Gasteiger partial charge in [-0.15, -0.1) is 0 Å². The average molecular weight is 459 g/mol. The summed E-state index contributed by atoms with van der Waals surface area (Å²) in [5.41, 5.74) is 0.600. The van der Waals surface area contributed by atoms with Gasteiger partial charge in [0.1, 0.15) is 18.0 Å². The van der Waals surface area contributed by atoms with Gasteiger partial charge in [-0.25, -0.2) is 14.8 Å². The van der Waals surface area contributed by atoms with E-state index in [1.165, 1.54) is 0 Å². The van der Waals surface area contributed by atoms with Crippen LogP contribution in [0, 0.1) is 0 Å². The van der Waals surface area contributed by atoms with Crippen molar-refractivity contribution in [3.8, 4) is 5.75 Å². The first-order valence-corrected chi connectivity index (χ1v) is 11.0. The standard InChI is InChI=1S/C22H30N6O5/c1-32-16-5-2-4-15(12-16)26-22(31)25-13-17-19(20(30)18(14-29)33-17)27-8-10-28(11-9-27)21-23-6-3-7-24-21/h2-7,12,17-20,29-30H,8-11,13-14H2,1H3,(H2,25,26,31). The molecular formula is C22H30N6O5. The van der Waals surface area contributed by atoms with E-state index < -0.39 is 24.3 Å². The molecule has 2 aliphatic heterocycles. The first-order chi connectivity index (χ1) is 16.1. The van der Waals surface area contributed by atoms with Crippen LogP contribution in [-0.2, 0) is 4.74 Å². The summed E-state index contributed by atoms with van der Waals surface area (Å²) in [6.07, 6.45) is 1.41. The van der Waals surface area contributed by atoms with Gasteiger partial charge in [-0.1, -0.05) is 6.07 Å². The number of anilines is 2. The summed E-state index contributed by atoms with van der Waals surface area (Å²) < 4.78 is 11.1. The second-order valence-electron chi connectivity index (χ2n) is 8.02. The lowest BCUT2D eigenvalue weighted by atomic mass is 10.0. The van der Waals surface area contributed by atoms with Crippen LogP contribution in [0.4, 0.5) is 16.4 Å². The Morgan fingerprint density at radius 3 is 2.64 bits per heavy atom. The highest BCUT2D eigenvalue weighted by molar-refractivity contribution is 5.89. The number of aromatic nitrogens is 2. The smallest absolute Gasteiger partial charge is 0.319 e. The van der Waals surface area contributed by atoms with Gasteiger partial charge in [-0.3, -0.25) is 4.90 Å². The van der Waals surface area contributed by atoms with Crippen molar-refractivity contribution in [1.82, 2.24) is 20.2 Å². The Morgan fingerprint density at radius 2 is 1.94 bits per heavy atom. The Balaban J connectivity index is 1.35. The molecule has 2 aliphatic rings. The van der Waals surface area contributed by atoms with Crippen LogP contribution >= 0.6 is 0 Å². The van der Waals surface area contributed by atoms with E-state index in [1.807, 2.05) is 0 Å². The molecule has 4 rings (SSSR count). The van der Waals surface area contributed by atoms with Crippen molar-refractivity contribution in [2.45, 2.75) is 24.4 Å². The zero-order chi connectivity index (χ0) is 23.2. The number of aliphatic hydroxyl groups is 2. The fourth-order valence-electron chi connectivity index (χ4n) is 4.34. The Hall–Kier alpha value is -2.99. The predicted molar refractivity (Wildman–Crippen MR) is 121 cm³/mol. The molecule has 0 saturated carbocycles. The van der Waals surface area contributed by atoms with Crippen molar-refractivity contribution in [2.75, 3.05) is 56.7 Å². The number of methoxy groups -OCH3 is 1. The summed E-state index contributed by atoms with van der Waals surface area (Å²) in [7, 11) is 1.56. The minimum atomic E-state index is -0.859. The van der Waals surface area contributed by atoms with Gasteiger partial charge in [-0.2, -0.15) is 0 Å². The normalized spacial score (nSPS) is 25.6. The van der Waals surface area contributed by atoms with E-state index in [0.717, 1.165) is 0 Å². The monoisotopic (exact) mass is 458 g/mol. The van der Waals surface area contributed by atoms with Gasteiger partial charge >= 0.3 is 6.03 Å². The predicted octanol–water partition coefficient (Wildman–Crippen LogP) is -0.0819. The van der Waals surface area contributed by atoms with E-state index in [1.54, 1.807) is 49.8 Å². The molecule has 3 heterocycles. The number of amides is 2. The molecule has 11 nitrogen and oxygen atoms in total. The van der Waals surface area contributed by atoms with Crippen molar-refractivity contribution < 1.29 is 24.5 Å². The molecule has 2 saturated heterocycles. The van der Waals surface area contributed by atoms with E-state index in [-0.39, 0.29) is 19.2 Å². The van der Waals surface area contributed by atoms with Crippen LogP contribution in [0.1, 0.15) is 0 Å². The van der Waals surface area contributed by atoms with Crippen molar-refractivity contribution in [1.29, 1.82) is 0 Å². The summed E-state index contributed by atoms with van der Waals surface area (Å²) in [5.74, 6) is 1.32. The average Bonchev–Trinajstić information content (AvgIpc) is 3.18. The quantitative estimate of drug-likeness (QED) is 0.450. The molecule has 0 radical (unpaired) electrons. The van der Waals surface area contributed by atoms with E-state index >= 15 is 0 Å². The number of ether oxygens (including phenoxy) is 2. The fraction of sp³-hybridized carbons (Fsp3) is 0.500. The molecule has 2 aromatic rings. The highest BCUT2D eigenvalue weighted by Crippen LogP contribution is 2.27. The third kappa shape index (κ3) is 5.50. The summed E-state index contributed by atoms with van der Waals surface area (Å²) in [4.78, 5) is 25.3. The number of nitrogens with one attached hydrogen (secondary N) is 2. The van der Waals surface area contributed by atoms with Crippen LogP contribution in [0.5, 0.6) is 5.75 Å². The SMILES string of the molecule is COc1cccc(NC(=O)NCC2OC(CO)C(O)C2N2CCN(c3ncccn3)CC2)c1. The van der Waals surface area contributed by atoms with Gasteiger partial charge in [0, 0.05) is 56.9 Å². The number of nitrogens with zero attached hydrogens (tertiary/aromatic N) is 4. The maximum absolute atomic E-state index is 12.4. The van der Waals surface area contributed by atoms with E-state index in [4.69, 9.17) is 9.47 Å². The van der Waals surface area contributed by atoms with Gasteiger partial charge in [0.25, 0.3) is 0 Å². The van der Waals surface area contributed by atoms with Gasteiger partial charge in [-0.05, 0) is 18.2 Å². The molecule has 0 spiro atoms. The fourth-order valence-corrected chi connectivity index (χ4v) is 4.34. The second kappa shape index (κ2) is 10.8. The minimum absolute atomic E-state index is 0.191. The summed E-state index contributed by atoms with van der Waals surface area (Å²) in [6.45, 7) is 2.65. The van der Waals surface area contributed by atoms with Crippen LogP contribution in [0.3, 0.4) is 0 Å². The zero-order valence-electron chi connectivity index (χ0n) is 18.5. The lowest BCUT2D eigenvalue weighted by Gasteiger charge is -2.40. The number of urea groups is 1. The first kappa shape index (κ1) is 23.2. The molecule has 0 aliphatic carbocycles.